The number of H-pyrrole nitrogens is 2. The molecular weight excluding hydrogens is 474 g/mol. The number of rotatable bonds is 8. The highest BCUT2D eigenvalue weighted by Crippen LogP contribution is 2.42. The van der Waals surface area contributed by atoms with Crippen molar-refractivity contribution in [3.63, 3.8) is 0 Å². The second-order valence-electron chi connectivity index (χ2n) is 12.9. The van der Waals surface area contributed by atoms with Gasteiger partial charge in [0, 0.05) is 50.5 Å². The van der Waals surface area contributed by atoms with Crippen molar-refractivity contribution in [3.05, 3.63) is 36.4 Å². The maximum atomic E-state index is 13.1. The molecule has 8 heteroatoms. The molecule has 0 aromatic carbocycles. The molecule has 2 aliphatic carbocycles. The number of carbonyl (C=O) groups excluding carboxylic acids is 1. The molecule has 38 heavy (non-hydrogen) atoms. The monoisotopic (exact) mass is 521 g/mol. The number of carbonyl (C=O) groups is 1. The highest BCUT2D eigenvalue weighted by molar-refractivity contribution is 5.90. The van der Waals surface area contributed by atoms with E-state index < -0.39 is 0 Å². The predicted octanol–water partition coefficient (Wildman–Crippen LogP) is 4.70. The zero-order chi connectivity index (χ0) is 25.8. The van der Waals surface area contributed by atoms with Crippen LogP contribution >= 0.6 is 0 Å². The number of amides is 1. The lowest BCUT2D eigenvalue weighted by atomic mass is 9.77. The van der Waals surface area contributed by atoms with Crippen molar-refractivity contribution in [1.29, 1.82) is 0 Å². The molecule has 2 aromatic rings. The Morgan fingerprint density at radius 3 is 2.32 bits per heavy atom. The molecule has 1 spiro atoms. The average Bonchev–Trinajstić information content (AvgIpc) is 3.74. The summed E-state index contributed by atoms with van der Waals surface area (Å²) in [5, 5.41) is 0. The fraction of sp³-hybridized carbons (Fsp3) is 0.767. The number of hydrogen-bond donors (Lipinski definition) is 2. The van der Waals surface area contributed by atoms with Gasteiger partial charge < -0.3 is 24.7 Å². The van der Waals surface area contributed by atoms with E-state index >= 15 is 0 Å². The number of nitrogens with one attached hydrogen (secondary N) is 2. The summed E-state index contributed by atoms with van der Waals surface area (Å²) in [7, 11) is 0. The first-order chi connectivity index (χ1) is 18.7. The van der Waals surface area contributed by atoms with Gasteiger partial charge in [-0.05, 0) is 94.7 Å². The van der Waals surface area contributed by atoms with Gasteiger partial charge >= 0.3 is 0 Å². The Hall–Kier alpha value is -2.19. The second-order valence-corrected chi connectivity index (χ2v) is 12.9. The van der Waals surface area contributed by atoms with Gasteiger partial charge in [-0.3, -0.25) is 4.79 Å². The van der Waals surface area contributed by atoms with E-state index in [2.05, 4.69) is 29.7 Å². The molecule has 6 rings (SSSR count). The molecule has 4 heterocycles. The van der Waals surface area contributed by atoms with Gasteiger partial charge in [-0.1, -0.05) is 19.3 Å². The molecular formula is C30H47N7O. The maximum absolute atomic E-state index is 13.1. The Balaban J connectivity index is 0.956. The lowest BCUT2D eigenvalue weighted by Gasteiger charge is -2.44. The van der Waals surface area contributed by atoms with Gasteiger partial charge in [0.25, 0.3) is 5.91 Å². The van der Waals surface area contributed by atoms with E-state index in [1.165, 1.54) is 110 Å². The molecule has 2 N–H and O–H groups in total. The first-order valence-corrected chi connectivity index (χ1v) is 15.4. The minimum atomic E-state index is -0.0366. The largest absolute Gasteiger partial charge is 0.347 e. The van der Waals surface area contributed by atoms with Gasteiger partial charge in [-0.2, -0.15) is 0 Å². The van der Waals surface area contributed by atoms with Crippen LogP contribution in [0.15, 0.2) is 24.8 Å². The van der Waals surface area contributed by atoms with Gasteiger partial charge in [-0.15, -0.1) is 0 Å². The zero-order valence-corrected chi connectivity index (χ0v) is 23.1. The van der Waals surface area contributed by atoms with E-state index in [1.807, 2.05) is 11.1 Å². The Morgan fingerprint density at radius 2 is 1.61 bits per heavy atom. The van der Waals surface area contributed by atoms with Crippen molar-refractivity contribution in [2.45, 2.75) is 89.6 Å². The quantitative estimate of drug-likeness (QED) is 0.526. The van der Waals surface area contributed by atoms with Gasteiger partial charge in [0.2, 0.25) is 0 Å². The number of piperidine rings is 1. The van der Waals surface area contributed by atoms with Crippen molar-refractivity contribution >= 4 is 5.91 Å². The summed E-state index contributed by atoms with van der Waals surface area (Å²) in [6, 6.07) is 0.887. The van der Waals surface area contributed by atoms with E-state index in [9.17, 15) is 4.79 Å². The van der Waals surface area contributed by atoms with Gasteiger partial charge in [-0.25, -0.2) is 9.97 Å². The smallest absolute Gasteiger partial charge is 0.290 e. The maximum Gasteiger partial charge on any atom is 0.290 e. The van der Waals surface area contributed by atoms with E-state index in [4.69, 9.17) is 0 Å². The summed E-state index contributed by atoms with van der Waals surface area (Å²) in [5.41, 5.74) is 0.598. The second kappa shape index (κ2) is 11.9. The molecule has 2 saturated heterocycles. The molecule has 8 nitrogen and oxygen atoms in total. The van der Waals surface area contributed by atoms with Crippen LogP contribution in [0.3, 0.4) is 0 Å². The molecule has 4 aliphatic rings. The summed E-state index contributed by atoms with van der Waals surface area (Å²) in [4.78, 5) is 35.4. The van der Waals surface area contributed by atoms with Crippen molar-refractivity contribution < 1.29 is 4.79 Å². The minimum absolute atomic E-state index is 0.0366. The van der Waals surface area contributed by atoms with Crippen LogP contribution < -0.4 is 0 Å². The standard InChI is InChI=1S/C30H47N7O/c38-29(28-33-15-16-34-28)37(22-27-31-13-14-32-27)21-25-8-6-24(7-9-25)20-35-17-10-30(23-35)11-18-36(19-12-30)26-4-2-1-3-5-26/h13-16,24-26H,1-12,17-23H2,(H,31,32)(H,33,34). The number of imidazole rings is 2. The van der Waals surface area contributed by atoms with E-state index in [0.717, 1.165) is 24.3 Å². The molecule has 4 fully saturated rings. The van der Waals surface area contributed by atoms with Gasteiger partial charge in [0.15, 0.2) is 5.82 Å². The molecule has 2 aliphatic heterocycles. The van der Waals surface area contributed by atoms with Crippen LogP contribution in [-0.2, 0) is 6.54 Å². The molecule has 2 aromatic heterocycles. The normalized spacial score (nSPS) is 27.2. The average molecular weight is 522 g/mol. The van der Waals surface area contributed by atoms with Crippen LogP contribution in [0.1, 0.15) is 93.5 Å². The lowest BCUT2D eigenvalue weighted by molar-refractivity contribution is 0.0592. The molecule has 2 saturated carbocycles. The first kappa shape index (κ1) is 26.1. The molecule has 0 radical (unpaired) electrons. The van der Waals surface area contributed by atoms with E-state index in [0.29, 0.717) is 23.7 Å². The summed E-state index contributed by atoms with van der Waals surface area (Å²) >= 11 is 0. The molecule has 0 unspecified atom stereocenters. The number of aromatic nitrogens is 4. The van der Waals surface area contributed by atoms with Crippen LogP contribution in [0.5, 0.6) is 0 Å². The highest BCUT2D eigenvalue weighted by atomic mass is 16.2. The summed E-state index contributed by atoms with van der Waals surface area (Å²) in [6.45, 7) is 7.88. The summed E-state index contributed by atoms with van der Waals surface area (Å²) in [6.07, 6.45) is 23.4. The van der Waals surface area contributed by atoms with Crippen molar-refractivity contribution in [3.8, 4) is 0 Å². The Labute approximate surface area is 228 Å². The summed E-state index contributed by atoms with van der Waals surface area (Å²) in [5.74, 6) is 2.56. The zero-order valence-electron chi connectivity index (χ0n) is 23.1. The summed E-state index contributed by atoms with van der Waals surface area (Å²) < 4.78 is 0. The van der Waals surface area contributed by atoms with Crippen LogP contribution in [0.4, 0.5) is 0 Å². The minimum Gasteiger partial charge on any atom is -0.347 e. The number of nitrogens with zero attached hydrogens (tertiary/aromatic N) is 5. The highest BCUT2D eigenvalue weighted by Gasteiger charge is 2.42. The first-order valence-electron chi connectivity index (χ1n) is 15.4. The lowest BCUT2D eigenvalue weighted by Crippen LogP contribution is -2.47. The number of aromatic amines is 2. The third-order valence-corrected chi connectivity index (χ3v) is 10.3. The topological polar surface area (TPSA) is 84.1 Å². The Kier molecular flexibility index (Phi) is 8.16. The van der Waals surface area contributed by atoms with Crippen molar-refractivity contribution in [2.75, 3.05) is 39.3 Å². The van der Waals surface area contributed by atoms with Crippen LogP contribution in [-0.4, -0.2) is 85.9 Å². The molecule has 1 amide bonds. The van der Waals surface area contributed by atoms with Crippen LogP contribution in [0.25, 0.3) is 0 Å². The molecule has 0 bridgehead atoms. The molecule has 208 valence electrons. The van der Waals surface area contributed by atoms with Crippen LogP contribution in [0.2, 0.25) is 0 Å². The fourth-order valence-electron chi connectivity index (χ4n) is 7.99. The van der Waals surface area contributed by atoms with Gasteiger partial charge in [0.1, 0.15) is 5.82 Å². The van der Waals surface area contributed by atoms with Crippen LogP contribution in [0, 0.1) is 17.3 Å². The Bertz CT molecular complexity index is 984. The third kappa shape index (κ3) is 6.17. The van der Waals surface area contributed by atoms with Gasteiger partial charge in [0.05, 0.1) is 6.54 Å². The van der Waals surface area contributed by atoms with E-state index in [-0.39, 0.29) is 5.91 Å². The SMILES string of the molecule is O=C(c1ncc[nH]1)N(Cc1ncc[nH]1)CC1CCC(CN2CCC3(CCN(C4CCCCC4)CC3)C2)CC1. The van der Waals surface area contributed by atoms with Crippen molar-refractivity contribution in [1.82, 2.24) is 34.6 Å². The third-order valence-electron chi connectivity index (χ3n) is 10.3. The Morgan fingerprint density at radius 1 is 0.895 bits per heavy atom. The fourth-order valence-corrected chi connectivity index (χ4v) is 7.99. The predicted molar refractivity (Wildman–Crippen MR) is 149 cm³/mol. The molecule has 0 atom stereocenters. The number of hydrogen-bond acceptors (Lipinski definition) is 5. The van der Waals surface area contributed by atoms with E-state index in [1.54, 1.807) is 18.6 Å². The number of likely N-dealkylation sites (tertiary alicyclic amines) is 2. The van der Waals surface area contributed by atoms with Crippen molar-refractivity contribution in [2.24, 2.45) is 17.3 Å².